The van der Waals surface area contributed by atoms with E-state index in [4.69, 9.17) is 0 Å². The van der Waals surface area contributed by atoms with E-state index in [1.165, 1.54) is 22.6 Å². The summed E-state index contributed by atoms with van der Waals surface area (Å²) >= 11 is 1.48. The monoisotopic (exact) mass is 178 g/mol. The standard InChI is InChI=1S/C9H10N2S/c1-6(2)8-7-4-3-5-10-9(7)12-11-8/h3-6H,1-2H3. The van der Waals surface area contributed by atoms with Crippen LogP contribution >= 0.6 is 11.5 Å². The molecule has 0 aliphatic heterocycles. The summed E-state index contributed by atoms with van der Waals surface area (Å²) in [4.78, 5) is 5.28. The maximum Gasteiger partial charge on any atom is 0.143 e. The van der Waals surface area contributed by atoms with Crippen LogP contribution in [0.25, 0.3) is 10.2 Å². The zero-order valence-corrected chi connectivity index (χ0v) is 7.93. The van der Waals surface area contributed by atoms with Crippen molar-refractivity contribution in [2.75, 3.05) is 0 Å². The first-order valence-corrected chi connectivity index (χ1v) is 4.76. The molecule has 2 aromatic heterocycles. The number of aromatic nitrogens is 2. The van der Waals surface area contributed by atoms with Crippen LogP contribution in [-0.4, -0.2) is 9.36 Å². The molecule has 3 heteroatoms. The minimum Gasteiger partial charge on any atom is -0.244 e. The van der Waals surface area contributed by atoms with E-state index in [-0.39, 0.29) is 0 Å². The van der Waals surface area contributed by atoms with E-state index in [1.807, 2.05) is 12.3 Å². The molecule has 0 aliphatic rings. The molecule has 0 N–H and O–H groups in total. The number of hydrogen-bond donors (Lipinski definition) is 0. The molecule has 0 aliphatic carbocycles. The van der Waals surface area contributed by atoms with Gasteiger partial charge in [0.25, 0.3) is 0 Å². The molecule has 0 bridgehead atoms. The fourth-order valence-corrected chi connectivity index (χ4v) is 2.09. The fourth-order valence-electron chi connectivity index (χ4n) is 1.22. The summed E-state index contributed by atoms with van der Waals surface area (Å²) in [6.45, 7) is 4.31. The van der Waals surface area contributed by atoms with Gasteiger partial charge < -0.3 is 0 Å². The second-order valence-electron chi connectivity index (χ2n) is 3.08. The van der Waals surface area contributed by atoms with Crippen LogP contribution in [0.15, 0.2) is 18.3 Å². The Kier molecular flexibility index (Phi) is 1.81. The minimum absolute atomic E-state index is 0.489. The molecule has 2 rings (SSSR count). The number of fused-ring (bicyclic) bond motifs is 1. The van der Waals surface area contributed by atoms with Crippen molar-refractivity contribution >= 4 is 21.7 Å². The molecule has 62 valence electrons. The Bertz CT molecular complexity index is 392. The van der Waals surface area contributed by atoms with Gasteiger partial charge in [0.15, 0.2) is 0 Å². The molecule has 0 saturated heterocycles. The number of hydrogen-bond acceptors (Lipinski definition) is 3. The van der Waals surface area contributed by atoms with Gasteiger partial charge in [-0.3, -0.25) is 0 Å². The Morgan fingerprint density at radius 3 is 3.00 bits per heavy atom. The van der Waals surface area contributed by atoms with Crippen LogP contribution in [0.5, 0.6) is 0 Å². The van der Waals surface area contributed by atoms with E-state index in [2.05, 4.69) is 29.3 Å². The molecule has 0 fully saturated rings. The smallest absolute Gasteiger partial charge is 0.143 e. The summed E-state index contributed by atoms with van der Waals surface area (Å²) in [7, 11) is 0. The Morgan fingerprint density at radius 1 is 1.42 bits per heavy atom. The SMILES string of the molecule is CC(C)c1nsc2ncccc12. The van der Waals surface area contributed by atoms with Crippen molar-refractivity contribution in [1.29, 1.82) is 0 Å². The molecular weight excluding hydrogens is 168 g/mol. The van der Waals surface area contributed by atoms with Gasteiger partial charge in [-0.2, -0.15) is 4.37 Å². The highest BCUT2D eigenvalue weighted by Gasteiger charge is 2.08. The van der Waals surface area contributed by atoms with Crippen LogP contribution in [0.3, 0.4) is 0 Å². The molecule has 2 heterocycles. The Morgan fingerprint density at radius 2 is 2.25 bits per heavy atom. The molecule has 12 heavy (non-hydrogen) atoms. The van der Waals surface area contributed by atoms with E-state index in [9.17, 15) is 0 Å². The number of pyridine rings is 1. The predicted octanol–water partition coefficient (Wildman–Crippen LogP) is 2.81. The first-order chi connectivity index (χ1) is 5.79. The largest absolute Gasteiger partial charge is 0.244 e. The minimum atomic E-state index is 0.489. The van der Waals surface area contributed by atoms with E-state index in [0.29, 0.717) is 5.92 Å². The van der Waals surface area contributed by atoms with E-state index >= 15 is 0 Å². The molecule has 0 unspecified atom stereocenters. The number of rotatable bonds is 1. The predicted molar refractivity (Wildman–Crippen MR) is 51.5 cm³/mol. The summed E-state index contributed by atoms with van der Waals surface area (Å²) < 4.78 is 4.37. The van der Waals surface area contributed by atoms with Crippen LogP contribution in [0, 0.1) is 0 Å². The van der Waals surface area contributed by atoms with Crippen molar-refractivity contribution < 1.29 is 0 Å². The van der Waals surface area contributed by atoms with E-state index in [1.54, 1.807) is 0 Å². The summed E-state index contributed by atoms with van der Waals surface area (Å²) in [5.74, 6) is 0.489. The lowest BCUT2D eigenvalue weighted by molar-refractivity contribution is 0.849. The molecule has 0 atom stereocenters. The van der Waals surface area contributed by atoms with Crippen molar-refractivity contribution in [3.63, 3.8) is 0 Å². The normalized spacial score (nSPS) is 11.2. The summed E-state index contributed by atoms with van der Waals surface area (Å²) in [6, 6.07) is 4.05. The zero-order valence-electron chi connectivity index (χ0n) is 7.11. The quantitative estimate of drug-likeness (QED) is 0.671. The molecule has 0 saturated carbocycles. The van der Waals surface area contributed by atoms with Crippen molar-refractivity contribution in [2.24, 2.45) is 0 Å². The van der Waals surface area contributed by atoms with Gasteiger partial charge in [-0.1, -0.05) is 13.8 Å². The zero-order chi connectivity index (χ0) is 8.55. The average Bonchev–Trinajstić information content (AvgIpc) is 2.47. The van der Waals surface area contributed by atoms with Gasteiger partial charge in [0.05, 0.1) is 5.69 Å². The summed E-state index contributed by atoms with van der Waals surface area (Å²) in [5, 5.41) is 1.21. The van der Waals surface area contributed by atoms with Gasteiger partial charge in [0.2, 0.25) is 0 Å². The Hall–Kier alpha value is -0.960. The van der Waals surface area contributed by atoms with Gasteiger partial charge in [0, 0.05) is 11.6 Å². The maximum absolute atomic E-state index is 4.37. The van der Waals surface area contributed by atoms with E-state index in [0.717, 1.165) is 4.83 Å². The van der Waals surface area contributed by atoms with Crippen LogP contribution in [0.4, 0.5) is 0 Å². The molecule has 0 radical (unpaired) electrons. The third kappa shape index (κ3) is 1.10. The van der Waals surface area contributed by atoms with Gasteiger partial charge in [-0.25, -0.2) is 4.98 Å². The molecule has 2 aromatic rings. The second-order valence-corrected chi connectivity index (χ2v) is 3.83. The maximum atomic E-state index is 4.37. The lowest BCUT2D eigenvalue weighted by atomic mass is 10.1. The van der Waals surface area contributed by atoms with Crippen molar-refractivity contribution in [1.82, 2.24) is 9.36 Å². The van der Waals surface area contributed by atoms with Crippen LogP contribution in [0.2, 0.25) is 0 Å². The topological polar surface area (TPSA) is 25.8 Å². The highest BCUT2D eigenvalue weighted by atomic mass is 32.1. The van der Waals surface area contributed by atoms with Crippen molar-refractivity contribution in [3.05, 3.63) is 24.0 Å². The van der Waals surface area contributed by atoms with E-state index < -0.39 is 0 Å². The van der Waals surface area contributed by atoms with Crippen LogP contribution in [-0.2, 0) is 0 Å². The highest BCUT2D eigenvalue weighted by Crippen LogP contribution is 2.25. The van der Waals surface area contributed by atoms with Gasteiger partial charge in [0.1, 0.15) is 4.83 Å². The molecule has 0 aromatic carbocycles. The molecule has 2 nitrogen and oxygen atoms in total. The Labute approximate surface area is 75.4 Å². The van der Waals surface area contributed by atoms with Crippen LogP contribution < -0.4 is 0 Å². The second kappa shape index (κ2) is 2.83. The third-order valence-electron chi connectivity index (χ3n) is 1.82. The van der Waals surface area contributed by atoms with Gasteiger partial charge in [-0.15, -0.1) is 0 Å². The third-order valence-corrected chi connectivity index (χ3v) is 2.61. The molecule has 0 spiro atoms. The first kappa shape index (κ1) is 7.68. The average molecular weight is 178 g/mol. The molecular formula is C9H10N2S. The molecule has 0 amide bonds. The van der Waals surface area contributed by atoms with Crippen LogP contribution in [0.1, 0.15) is 25.5 Å². The lowest BCUT2D eigenvalue weighted by Crippen LogP contribution is -1.86. The highest BCUT2D eigenvalue weighted by molar-refractivity contribution is 7.12. The van der Waals surface area contributed by atoms with Gasteiger partial charge in [-0.05, 0) is 29.6 Å². The van der Waals surface area contributed by atoms with Crippen molar-refractivity contribution in [2.45, 2.75) is 19.8 Å². The van der Waals surface area contributed by atoms with Crippen molar-refractivity contribution in [3.8, 4) is 0 Å². The fraction of sp³-hybridized carbons (Fsp3) is 0.333. The first-order valence-electron chi connectivity index (χ1n) is 3.99. The Balaban J connectivity index is 2.70. The lowest BCUT2D eigenvalue weighted by Gasteiger charge is -1.98. The summed E-state index contributed by atoms with van der Waals surface area (Å²) in [5.41, 5.74) is 1.17. The van der Waals surface area contributed by atoms with Gasteiger partial charge >= 0.3 is 0 Å². The summed E-state index contributed by atoms with van der Waals surface area (Å²) in [6.07, 6.45) is 1.81. The number of nitrogens with zero attached hydrogens (tertiary/aromatic N) is 2.